The first-order valence-electron chi connectivity index (χ1n) is 6.49. The van der Waals surface area contributed by atoms with Gasteiger partial charge in [-0.25, -0.2) is 4.39 Å². The molecule has 0 fully saturated rings. The van der Waals surface area contributed by atoms with E-state index < -0.39 is 17.3 Å². The van der Waals surface area contributed by atoms with Gasteiger partial charge in [0, 0.05) is 10.0 Å². The summed E-state index contributed by atoms with van der Waals surface area (Å²) in [5.74, 6) is -0.604. The van der Waals surface area contributed by atoms with Gasteiger partial charge in [-0.05, 0) is 56.3 Å². The van der Waals surface area contributed by atoms with Gasteiger partial charge in [-0.2, -0.15) is 0 Å². The van der Waals surface area contributed by atoms with Crippen LogP contribution in [0.1, 0.15) is 13.8 Å². The van der Waals surface area contributed by atoms with Crippen molar-refractivity contribution in [3.05, 3.63) is 58.3 Å². The molecule has 0 saturated carbocycles. The van der Waals surface area contributed by atoms with Gasteiger partial charge < -0.3 is 10.1 Å². The molecule has 0 aliphatic carbocycles. The van der Waals surface area contributed by atoms with E-state index in [1.54, 1.807) is 38.1 Å². The normalized spacial score (nSPS) is 11.1. The molecular formula is C16H14Cl2FNO2. The quantitative estimate of drug-likeness (QED) is 0.856. The number of carbonyl (C=O) groups excluding carboxylic acids is 1. The maximum absolute atomic E-state index is 13.7. The van der Waals surface area contributed by atoms with Crippen molar-refractivity contribution >= 4 is 34.8 Å². The van der Waals surface area contributed by atoms with Crippen molar-refractivity contribution in [1.29, 1.82) is 0 Å². The Bertz CT molecular complexity index is 687. The summed E-state index contributed by atoms with van der Waals surface area (Å²) >= 11 is 11.5. The molecule has 0 aliphatic rings. The van der Waals surface area contributed by atoms with Crippen LogP contribution < -0.4 is 10.1 Å². The zero-order valence-corrected chi connectivity index (χ0v) is 13.5. The monoisotopic (exact) mass is 341 g/mol. The van der Waals surface area contributed by atoms with E-state index in [4.69, 9.17) is 27.9 Å². The van der Waals surface area contributed by atoms with Crippen LogP contribution in [0.15, 0.2) is 42.5 Å². The summed E-state index contributed by atoms with van der Waals surface area (Å²) in [7, 11) is 0. The molecule has 0 unspecified atom stereocenters. The summed E-state index contributed by atoms with van der Waals surface area (Å²) < 4.78 is 19.4. The second-order valence-corrected chi connectivity index (χ2v) is 6.02. The highest BCUT2D eigenvalue weighted by molar-refractivity contribution is 6.30. The zero-order chi connectivity index (χ0) is 16.3. The van der Waals surface area contributed by atoms with E-state index in [0.29, 0.717) is 10.8 Å². The highest BCUT2D eigenvalue weighted by Gasteiger charge is 2.30. The first-order chi connectivity index (χ1) is 10.3. The van der Waals surface area contributed by atoms with Crippen molar-refractivity contribution < 1.29 is 13.9 Å². The molecule has 22 heavy (non-hydrogen) atoms. The van der Waals surface area contributed by atoms with Crippen LogP contribution in [0.2, 0.25) is 10.0 Å². The van der Waals surface area contributed by atoms with Crippen LogP contribution in [-0.4, -0.2) is 11.5 Å². The molecule has 0 radical (unpaired) electrons. The maximum atomic E-state index is 13.7. The highest BCUT2D eigenvalue weighted by atomic mass is 35.5. The van der Waals surface area contributed by atoms with E-state index in [0.717, 1.165) is 6.07 Å². The Morgan fingerprint density at radius 3 is 2.27 bits per heavy atom. The number of benzene rings is 2. The van der Waals surface area contributed by atoms with E-state index in [-0.39, 0.29) is 10.7 Å². The number of amides is 1. The topological polar surface area (TPSA) is 38.3 Å². The third-order valence-corrected chi connectivity index (χ3v) is 3.40. The first-order valence-corrected chi connectivity index (χ1v) is 7.24. The van der Waals surface area contributed by atoms with E-state index >= 15 is 0 Å². The van der Waals surface area contributed by atoms with Gasteiger partial charge in [-0.3, -0.25) is 4.79 Å². The Balaban J connectivity index is 2.11. The van der Waals surface area contributed by atoms with Crippen LogP contribution in [0.5, 0.6) is 5.75 Å². The van der Waals surface area contributed by atoms with Gasteiger partial charge in [0.1, 0.15) is 11.6 Å². The number of halogens is 3. The molecule has 0 atom stereocenters. The van der Waals surface area contributed by atoms with Gasteiger partial charge in [0.15, 0.2) is 5.60 Å². The van der Waals surface area contributed by atoms with E-state index in [2.05, 4.69) is 5.32 Å². The van der Waals surface area contributed by atoms with Gasteiger partial charge in [-0.15, -0.1) is 0 Å². The zero-order valence-electron chi connectivity index (χ0n) is 12.0. The Hall–Kier alpha value is -1.78. The van der Waals surface area contributed by atoms with Crippen LogP contribution >= 0.6 is 23.2 Å². The predicted octanol–water partition coefficient (Wildman–Crippen LogP) is 4.93. The minimum absolute atomic E-state index is 0.0437. The van der Waals surface area contributed by atoms with Crippen LogP contribution in [0.25, 0.3) is 0 Å². The fraction of sp³-hybridized carbons (Fsp3) is 0.188. The lowest BCUT2D eigenvalue weighted by Gasteiger charge is -2.25. The van der Waals surface area contributed by atoms with Crippen molar-refractivity contribution in [3.8, 4) is 5.75 Å². The third-order valence-electron chi connectivity index (χ3n) is 2.91. The Labute approximate surface area is 138 Å². The van der Waals surface area contributed by atoms with Crippen LogP contribution in [-0.2, 0) is 4.79 Å². The predicted molar refractivity (Wildman–Crippen MR) is 86.2 cm³/mol. The third kappa shape index (κ3) is 4.12. The van der Waals surface area contributed by atoms with Gasteiger partial charge in [0.25, 0.3) is 5.91 Å². The van der Waals surface area contributed by atoms with Crippen molar-refractivity contribution in [2.24, 2.45) is 0 Å². The summed E-state index contributed by atoms with van der Waals surface area (Å²) in [5.41, 5.74) is -1.15. The Kier molecular flexibility index (Phi) is 4.94. The van der Waals surface area contributed by atoms with Crippen LogP contribution in [0, 0.1) is 5.82 Å². The number of hydrogen-bond donors (Lipinski definition) is 1. The summed E-state index contributed by atoms with van der Waals surface area (Å²) in [4.78, 5) is 12.3. The number of carbonyl (C=O) groups is 1. The largest absolute Gasteiger partial charge is 0.478 e. The molecule has 2 rings (SSSR count). The van der Waals surface area contributed by atoms with Crippen molar-refractivity contribution in [2.75, 3.05) is 5.32 Å². The fourth-order valence-electron chi connectivity index (χ4n) is 1.71. The summed E-state index contributed by atoms with van der Waals surface area (Å²) in [6.45, 7) is 3.18. The van der Waals surface area contributed by atoms with Gasteiger partial charge in [0.2, 0.25) is 0 Å². The molecule has 116 valence electrons. The smallest absolute Gasteiger partial charge is 0.268 e. The molecule has 1 N–H and O–H groups in total. The van der Waals surface area contributed by atoms with E-state index in [9.17, 15) is 9.18 Å². The average Bonchev–Trinajstić information content (AvgIpc) is 2.44. The van der Waals surface area contributed by atoms with Gasteiger partial charge in [0.05, 0.1) is 5.69 Å². The lowest BCUT2D eigenvalue weighted by molar-refractivity contribution is -0.128. The SMILES string of the molecule is CC(C)(Oc1ccc(Cl)cc1)C(=O)Nc1ccc(Cl)cc1F. The number of anilines is 1. The van der Waals surface area contributed by atoms with Crippen LogP contribution in [0.3, 0.4) is 0 Å². The summed E-state index contributed by atoms with van der Waals surface area (Å²) in [5, 5.41) is 3.31. The number of nitrogens with one attached hydrogen (secondary N) is 1. The van der Waals surface area contributed by atoms with E-state index in [1.807, 2.05) is 0 Å². The van der Waals surface area contributed by atoms with E-state index in [1.165, 1.54) is 12.1 Å². The molecule has 0 heterocycles. The minimum Gasteiger partial charge on any atom is -0.478 e. The fourth-order valence-corrected chi connectivity index (χ4v) is 1.99. The van der Waals surface area contributed by atoms with Crippen molar-refractivity contribution in [3.63, 3.8) is 0 Å². The molecule has 1 amide bonds. The summed E-state index contributed by atoms with van der Waals surface area (Å²) in [6, 6.07) is 10.6. The number of rotatable bonds is 4. The molecule has 2 aromatic carbocycles. The second-order valence-electron chi connectivity index (χ2n) is 5.14. The van der Waals surface area contributed by atoms with Crippen LogP contribution in [0.4, 0.5) is 10.1 Å². The lowest BCUT2D eigenvalue weighted by atomic mass is 10.1. The number of ether oxygens (including phenoxy) is 1. The molecule has 0 aromatic heterocycles. The lowest BCUT2D eigenvalue weighted by Crippen LogP contribution is -2.42. The van der Waals surface area contributed by atoms with Gasteiger partial charge >= 0.3 is 0 Å². The standard InChI is InChI=1S/C16H14Cl2FNO2/c1-16(2,22-12-6-3-10(17)4-7-12)15(21)20-14-8-5-11(18)9-13(14)19/h3-9H,1-2H3,(H,20,21). The van der Waals surface area contributed by atoms with Crippen molar-refractivity contribution in [2.45, 2.75) is 19.4 Å². The highest BCUT2D eigenvalue weighted by Crippen LogP contribution is 2.24. The minimum atomic E-state index is -1.19. The average molecular weight is 342 g/mol. The Morgan fingerprint density at radius 2 is 1.68 bits per heavy atom. The molecule has 0 spiro atoms. The summed E-state index contributed by atoms with van der Waals surface area (Å²) in [6.07, 6.45) is 0. The molecule has 0 saturated heterocycles. The van der Waals surface area contributed by atoms with Crippen molar-refractivity contribution in [1.82, 2.24) is 0 Å². The first kappa shape index (κ1) is 16.6. The molecule has 0 aliphatic heterocycles. The van der Waals surface area contributed by atoms with Gasteiger partial charge in [-0.1, -0.05) is 23.2 Å². The molecule has 6 heteroatoms. The molecule has 0 bridgehead atoms. The molecule has 3 nitrogen and oxygen atoms in total. The molecular weight excluding hydrogens is 328 g/mol. The maximum Gasteiger partial charge on any atom is 0.268 e. The molecule has 2 aromatic rings. The number of hydrogen-bond acceptors (Lipinski definition) is 2. The Morgan fingerprint density at radius 1 is 1.09 bits per heavy atom. The second kappa shape index (κ2) is 6.55.